The molecule has 0 aliphatic rings. The standard InChI is InChI=1S/C25H26ClN3O4S/c1-17(2)27-25(31)20-12-7-8-14-22(20)28-24(30)16-29(23-15-9-13-21(26)18(23)3)34(32,33)19-10-5-4-6-11-19/h4-15,17H,16H2,1-3H3,(H,27,31)(H,28,30). The first-order chi connectivity index (χ1) is 16.1. The van der Waals surface area contributed by atoms with Crippen molar-refractivity contribution in [3.05, 3.63) is 88.9 Å². The average Bonchev–Trinajstić information content (AvgIpc) is 2.80. The van der Waals surface area contributed by atoms with E-state index in [0.717, 1.165) is 4.31 Å². The van der Waals surface area contributed by atoms with Crippen molar-refractivity contribution in [3.8, 4) is 0 Å². The highest BCUT2D eigenvalue weighted by molar-refractivity contribution is 7.92. The molecule has 0 atom stereocenters. The van der Waals surface area contributed by atoms with Crippen LogP contribution in [0.25, 0.3) is 0 Å². The topological polar surface area (TPSA) is 95.6 Å². The Morgan fingerprint density at radius 3 is 2.26 bits per heavy atom. The number of nitrogens with zero attached hydrogens (tertiary/aromatic N) is 1. The number of amides is 2. The molecule has 178 valence electrons. The molecule has 0 aliphatic carbocycles. The second-order valence-corrected chi connectivity index (χ2v) is 10.2. The molecule has 0 spiro atoms. The van der Waals surface area contributed by atoms with Gasteiger partial charge in [0.1, 0.15) is 6.54 Å². The first-order valence-corrected chi connectivity index (χ1v) is 12.5. The SMILES string of the molecule is Cc1c(Cl)cccc1N(CC(=O)Nc1ccccc1C(=O)NC(C)C)S(=O)(=O)c1ccccc1. The van der Waals surface area contributed by atoms with Gasteiger partial charge in [-0.25, -0.2) is 8.42 Å². The minimum absolute atomic E-state index is 0.0406. The predicted molar refractivity (Wildman–Crippen MR) is 135 cm³/mol. The van der Waals surface area contributed by atoms with Crippen LogP contribution >= 0.6 is 11.6 Å². The normalized spacial score (nSPS) is 11.2. The van der Waals surface area contributed by atoms with Crippen LogP contribution in [0.2, 0.25) is 5.02 Å². The van der Waals surface area contributed by atoms with Gasteiger partial charge in [-0.2, -0.15) is 0 Å². The molecule has 0 heterocycles. The third-order valence-electron chi connectivity index (χ3n) is 4.99. The maximum Gasteiger partial charge on any atom is 0.264 e. The van der Waals surface area contributed by atoms with Gasteiger partial charge in [0, 0.05) is 11.1 Å². The van der Waals surface area contributed by atoms with Crippen molar-refractivity contribution >= 4 is 44.8 Å². The molecule has 0 aliphatic heterocycles. The summed E-state index contributed by atoms with van der Waals surface area (Å²) in [4.78, 5) is 25.7. The van der Waals surface area contributed by atoms with Crippen LogP contribution in [0.1, 0.15) is 29.8 Å². The zero-order valence-corrected chi connectivity index (χ0v) is 20.7. The number of hydrogen-bond donors (Lipinski definition) is 2. The van der Waals surface area contributed by atoms with Crippen LogP contribution in [-0.4, -0.2) is 32.8 Å². The monoisotopic (exact) mass is 499 g/mol. The molecule has 3 aromatic carbocycles. The molecule has 0 radical (unpaired) electrons. The van der Waals surface area contributed by atoms with E-state index >= 15 is 0 Å². The smallest absolute Gasteiger partial charge is 0.264 e. The zero-order valence-electron chi connectivity index (χ0n) is 19.1. The summed E-state index contributed by atoms with van der Waals surface area (Å²) in [6.07, 6.45) is 0. The number of carbonyl (C=O) groups excluding carboxylic acids is 2. The molecule has 7 nitrogen and oxygen atoms in total. The van der Waals surface area contributed by atoms with E-state index in [2.05, 4.69) is 10.6 Å². The number of anilines is 2. The van der Waals surface area contributed by atoms with Crippen LogP contribution < -0.4 is 14.9 Å². The van der Waals surface area contributed by atoms with E-state index in [0.29, 0.717) is 10.6 Å². The molecule has 9 heteroatoms. The number of sulfonamides is 1. The Morgan fingerprint density at radius 2 is 1.59 bits per heavy atom. The van der Waals surface area contributed by atoms with Crippen LogP contribution in [0, 0.1) is 6.92 Å². The predicted octanol–water partition coefficient (Wildman–Crippen LogP) is 4.62. The van der Waals surface area contributed by atoms with Gasteiger partial charge >= 0.3 is 0 Å². The van der Waals surface area contributed by atoms with E-state index in [1.54, 1.807) is 67.6 Å². The lowest BCUT2D eigenvalue weighted by Gasteiger charge is -2.26. The fourth-order valence-electron chi connectivity index (χ4n) is 3.34. The quantitative estimate of drug-likeness (QED) is 0.472. The minimum Gasteiger partial charge on any atom is -0.350 e. The highest BCUT2D eigenvalue weighted by atomic mass is 35.5. The zero-order chi connectivity index (χ0) is 24.9. The number of carbonyl (C=O) groups is 2. The number of halogens is 1. The van der Waals surface area contributed by atoms with Crippen LogP contribution in [0.15, 0.2) is 77.7 Å². The van der Waals surface area contributed by atoms with Gasteiger partial charge in [0.2, 0.25) is 5.91 Å². The maximum atomic E-state index is 13.5. The van der Waals surface area contributed by atoms with Gasteiger partial charge in [0.15, 0.2) is 0 Å². The highest BCUT2D eigenvalue weighted by Gasteiger charge is 2.29. The Morgan fingerprint density at radius 1 is 0.941 bits per heavy atom. The molecule has 3 aromatic rings. The van der Waals surface area contributed by atoms with Crippen LogP contribution in [0.4, 0.5) is 11.4 Å². The van der Waals surface area contributed by atoms with E-state index in [4.69, 9.17) is 11.6 Å². The minimum atomic E-state index is -4.09. The number of nitrogens with one attached hydrogen (secondary N) is 2. The molecule has 0 saturated heterocycles. The summed E-state index contributed by atoms with van der Waals surface area (Å²) >= 11 is 6.25. The summed E-state index contributed by atoms with van der Waals surface area (Å²) in [5, 5.41) is 5.85. The lowest BCUT2D eigenvalue weighted by molar-refractivity contribution is -0.114. The highest BCUT2D eigenvalue weighted by Crippen LogP contribution is 2.31. The van der Waals surface area contributed by atoms with Gasteiger partial charge in [-0.1, -0.05) is 48.0 Å². The fourth-order valence-corrected chi connectivity index (χ4v) is 5.00. The Kier molecular flexibility index (Phi) is 7.96. The van der Waals surface area contributed by atoms with Crippen molar-refractivity contribution in [2.24, 2.45) is 0 Å². The summed E-state index contributed by atoms with van der Waals surface area (Å²) in [5.41, 5.74) is 1.37. The van der Waals surface area contributed by atoms with E-state index in [1.807, 2.05) is 13.8 Å². The van der Waals surface area contributed by atoms with E-state index in [-0.39, 0.29) is 33.8 Å². The third kappa shape index (κ3) is 5.76. The van der Waals surface area contributed by atoms with Crippen molar-refractivity contribution in [2.75, 3.05) is 16.2 Å². The maximum absolute atomic E-state index is 13.5. The second-order valence-electron chi connectivity index (χ2n) is 7.93. The Bertz CT molecular complexity index is 1290. The van der Waals surface area contributed by atoms with E-state index in [1.165, 1.54) is 12.1 Å². The molecule has 0 fully saturated rings. The molecule has 2 N–H and O–H groups in total. The first kappa shape index (κ1) is 25.3. The Hall–Kier alpha value is -3.36. The van der Waals surface area contributed by atoms with Crippen LogP contribution in [-0.2, 0) is 14.8 Å². The summed E-state index contributed by atoms with van der Waals surface area (Å²) in [6.45, 7) is 4.84. The molecular formula is C25H26ClN3O4S. The fraction of sp³-hybridized carbons (Fsp3) is 0.200. The van der Waals surface area contributed by atoms with Crippen LogP contribution in [0.3, 0.4) is 0 Å². The summed E-state index contributed by atoms with van der Waals surface area (Å²) in [7, 11) is -4.09. The molecule has 2 amide bonds. The third-order valence-corrected chi connectivity index (χ3v) is 7.18. The molecular weight excluding hydrogens is 474 g/mol. The molecule has 0 saturated carbocycles. The molecule has 34 heavy (non-hydrogen) atoms. The number of para-hydroxylation sites is 1. The second kappa shape index (κ2) is 10.7. The van der Waals surface area contributed by atoms with Gasteiger partial charge < -0.3 is 10.6 Å². The number of hydrogen-bond acceptors (Lipinski definition) is 4. The summed E-state index contributed by atoms with van der Waals surface area (Å²) in [6, 6.07) is 19.2. The summed E-state index contributed by atoms with van der Waals surface area (Å²) in [5.74, 6) is -0.950. The van der Waals surface area contributed by atoms with Crippen molar-refractivity contribution < 1.29 is 18.0 Å². The van der Waals surface area contributed by atoms with Gasteiger partial charge in [0.05, 0.1) is 21.8 Å². The number of rotatable bonds is 8. The van der Waals surface area contributed by atoms with Gasteiger partial charge in [-0.05, 0) is 62.7 Å². The van der Waals surface area contributed by atoms with Gasteiger partial charge in [-0.3, -0.25) is 13.9 Å². The van der Waals surface area contributed by atoms with Crippen LogP contribution in [0.5, 0.6) is 0 Å². The van der Waals surface area contributed by atoms with Gasteiger partial charge in [-0.15, -0.1) is 0 Å². The Labute approximate surface area is 204 Å². The molecule has 0 bridgehead atoms. The lowest BCUT2D eigenvalue weighted by Crippen LogP contribution is -2.39. The van der Waals surface area contributed by atoms with Crippen molar-refractivity contribution in [1.82, 2.24) is 5.32 Å². The lowest BCUT2D eigenvalue weighted by atomic mass is 10.1. The van der Waals surface area contributed by atoms with Crippen molar-refractivity contribution in [3.63, 3.8) is 0 Å². The Balaban J connectivity index is 1.97. The van der Waals surface area contributed by atoms with E-state index < -0.39 is 22.5 Å². The largest absolute Gasteiger partial charge is 0.350 e. The summed E-state index contributed by atoms with van der Waals surface area (Å²) < 4.78 is 28.1. The van der Waals surface area contributed by atoms with Crippen molar-refractivity contribution in [1.29, 1.82) is 0 Å². The van der Waals surface area contributed by atoms with Crippen molar-refractivity contribution in [2.45, 2.75) is 31.7 Å². The molecule has 3 rings (SSSR count). The molecule has 0 unspecified atom stereocenters. The molecule has 0 aromatic heterocycles. The first-order valence-electron chi connectivity index (χ1n) is 10.6. The average molecular weight is 500 g/mol. The number of benzene rings is 3. The van der Waals surface area contributed by atoms with Gasteiger partial charge in [0.25, 0.3) is 15.9 Å². The van der Waals surface area contributed by atoms with E-state index in [9.17, 15) is 18.0 Å².